The quantitative estimate of drug-likeness (QED) is 0.682. The van der Waals surface area contributed by atoms with Gasteiger partial charge in [0.15, 0.2) is 11.5 Å². The zero-order valence-electron chi connectivity index (χ0n) is 16.9. The smallest absolute Gasteiger partial charge is 0.236 e. The van der Waals surface area contributed by atoms with Gasteiger partial charge in [-0.1, -0.05) is 24.3 Å². The first-order chi connectivity index (χ1) is 14.6. The van der Waals surface area contributed by atoms with Gasteiger partial charge in [0.2, 0.25) is 12.7 Å². The molecule has 1 amide bonds. The number of aryl methyl sites for hydroxylation is 1. The van der Waals surface area contributed by atoms with Crippen molar-refractivity contribution in [2.24, 2.45) is 0 Å². The Labute approximate surface area is 174 Å². The summed E-state index contributed by atoms with van der Waals surface area (Å²) in [4.78, 5) is 17.7. The Bertz CT molecular complexity index is 1140. The van der Waals surface area contributed by atoms with Crippen LogP contribution in [-0.4, -0.2) is 24.8 Å². The van der Waals surface area contributed by atoms with Gasteiger partial charge in [-0.2, -0.15) is 0 Å². The molecule has 1 N–H and O–H groups in total. The van der Waals surface area contributed by atoms with Crippen molar-refractivity contribution in [3.05, 3.63) is 65.9 Å². The van der Waals surface area contributed by atoms with Crippen molar-refractivity contribution < 1.29 is 19.0 Å². The van der Waals surface area contributed by atoms with Gasteiger partial charge in [0.25, 0.3) is 0 Å². The number of amides is 1. The number of hydrogen-bond donors (Lipinski definition) is 1. The van der Waals surface area contributed by atoms with Crippen molar-refractivity contribution in [2.75, 3.05) is 19.2 Å². The number of fused-ring (bicyclic) bond motifs is 1. The van der Waals surface area contributed by atoms with Crippen LogP contribution in [0.25, 0.3) is 11.1 Å². The van der Waals surface area contributed by atoms with Gasteiger partial charge in [-0.05, 0) is 55.2 Å². The van der Waals surface area contributed by atoms with Crippen molar-refractivity contribution in [3.8, 4) is 28.4 Å². The van der Waals surface area contributed by atoms with E-state index in [1.54, 1.807) is 13.3 Å². The van der Waals surface area contributed by atoms with E-state index in [-0.39, 0.29) is 12.7 Å². The van der Waals surface area contributed by atoms with Gasteiger partial charge in [-0.3, -0.25) is 4.79 Å². The minimum Gasteiger partial charge on any atom is -0.496 e. The number of anilines is 1. The number of hydrogen-bond acceptors (Lipinski definition) is 5. The minimum absolute atomic E-state index is 0.0398. The molecule has 0 radical (unpaired) electrons. The molecule has 1 aliphatic heterocycles. The zero-order chi connectivity index (χ0) is 20.7. The minimum atomic E-state index is -0.531. The second-order valence-electron chi connectivity index (χ2n) is 7.69. The number of carbonyl (C=O) groups excluding carboxylic acids is 1. The van der Waals surface area contributed by atoms with Crippen LogP contribution in [0.3, 0.4) is 0 Å². The van der Waals surface area contributed by atoms with Gasteiger partial charge in [0.1, 0.15) is 11.6 Å². The highest BCUT2D eigenvalue weighted by Gasteiger charge is 2.51. The van der Waals surface area contributed by atoms with E-state index >= 15 is 0 Å². The summed E-state index contributed by atoms with van der Waals surface area (Å²) in [5.41, 5.74) is 3.23. The van der Waals surface area contributed by atoms with E-state index in [2.05, 4.69) is 10.3 Å². The zero-order valence-corrected chi connectivity index (χ0v) is 16.9. The lowest BCUT2D eigenvalue weighted by Gasteiger charge is -2.17. The average molecular weight is 402 g/mol. The Hall–Kier alpha value is -3.54. The standard InChI is InChI=1S/C24H22N2O4/c1-15-11-16(18-5-3-4-6-19(18)28-2)13-25-22(15)26-23(27)24(9-10-24)17-7-8-20-21(12-17)30-14-29-20/h3-8,11-13H,9-10,14H2,1-2H3,(H,25,26,27). The van der Waals surface area contributed by atoms with Crippen molar-refractivity contribution >= 4 is 11.7 Å². The molecule has 2 aromatic carbocycles. The number of methoxy groups -OCH3 is 1. The molecular weight excluding hydrogens is 380 g/mol. The van der Waals surface area contributed by atoms with Crippen LogP contribution in [0.5, 0.6) is 17.2 Å². The first-order valence-corrected chi connectivity index (χ1v) is 9.92. The fraction of sp³-hybridized carbons (Fsp3) is 0.250. The van der Waals surface area contributed by atoms with Crippen LogP contribution in [0.2, 0.25) is 0 Å². The van der Waals surface area contributed by atoms with E-state index < -0.39 is 5.41 Å². The highest BCUT2D eigenvalue weighted by atomic mass is 16.7. The molecule has 152 valence electrons. The Morgan fingerprint density at radius 2 is 1.90 bits per heavy atom. The summed E-state index contributed by atoms with van der Waals surface area (Å²) >= 11 is 0. The fourth-order valence-electron chi connectivity index (χ4n) is 3.93. The molecular formula is C24H22N2O4. The Balaban J connectivity index is 1.39. The largest absolute Gasteiger partial charge is 0.496 e. The molecule has 6 heteroatoms. The molecule has 1 saturated carbocycles. The van der Waals surface area contributed by atoms with Crippen LogP contribution in [-0.2, 0) is 10.2 Å². The summed E-state index contributed by atoms with van der Waals surface area (Å²) in [5, 5.41) is 3.03. The first kappa shape index (κ1) is 18.5. The van der Waals surface area contributed by atoms with E-state index in [9.17, 15) is 4.79 Å². The molecule has 5 rings (SSSR count). The van der Waals surface area contributed by atoms with Crippen LogP contribution >= 0.6 is 0 Å². The number of aromatic nitrogens is 1. The lowest BCUT2D eigenvalue weighted by atomic mass is 9.94. The average Bonchev–Trinajstić information content (AvgIpc) is 3.46. The van der Waals surface area contributed by atoms with Gasteiger partial charge in [0, 0.05) is 17.3 Å². The molecule has 2 heterocycles. The third kappa shape index (κ3) is 3.05. The van der Waals surface area contributed by atoms with Gasteiger partial charge in [-0.25, -0.2) is 4.98 Å². The van der Waals surface area contributed by atoms with Crippen LogP contribution in [0.15, 0.2) is 54.7 Å². The summed E-state index contributed by atoms with van der Waals surface area (Å²) in [6.07, 6.45) is 3.37. The lowest BCUT2D eigenvalue weighted by molar-refractivity contribution is -0.118. The summed E-state index contributed by atoms with van der Waals surface area (Å²) in [5.74, 6) is 2.74. The number of ether oxygens (including phenoxy) is 3. The van der Waals surface area contributed by atoms with E-state index in [1.165, 1.54) is 0 Å². The molecule has 2 aliphatic rings. The normalized spacial score (nSPS) is 15.5. The van der Waals surface area contributed by atoms with Crippen LogP contribution in [0, 0.1) is 6.92 Å². The Kier molecular flexibility index (Phi) is 4.35. The van der Waals surface area contributed by atoms with E-state index in [0.717, 1.165) is 46.6 Å². The molecule has 0 spiro atoms. The van der Waals surface area contributed by atoms with Gasteiger partial charge < -0.3 is 19.5 Å². The second-order valence-corrected chi connectivity index (χ2v) is 7.69. The predicted molar refractivity (Wildman–Crippen MR) is 113 cm³/mol. The molecule has 0 saturated heterocycles. The molecule has 1 aromatic heterocycles. The molecule has 3 aromatic rings. The number of carbonyl (C=O) groups is 1. The Morgan fingerprint density at radius 3 is 2.67 bits per heavy atom. The van der Waals surface area contributed by atoms with Gasteiger partial charge in [0.05, 0.1) is 12.5 Å². The third-order valence-corrected chi connectivity index (χ3v) is 5.84. The number of nitrogens with zero attached hydrogens (tertiary/aromatic N) is 1. The van der Waals surface area contributed by atoms with Crippen LogP contribution in [0.4, 0.5) is 5.82 Å². The first-order valence-electron chi connectivity index (χ1n) is 9.92. The second kappa shape index (κ2) is 7.06. The number of pyridine rings is 1. The number of benzene rings is 2. The third-order valence-electron chi connectivity index (χ3n) is 5.84. The highest BCUT2D eigenvalue weighted by molar-refractivity contribution is 6.01. The fourth-order valence-corrected chi connectivity index (χ4v) is 3.93. The topological polar surface area (TPSA) is 69.7 Å². The molecule has 6 nitrogen and oxygen atoms in total. The summed E-state index contributed by atoms with van der Waals surface area (Å²) in [6.45, 7) is 2.17. The van der Waals surface area contributed by atoms with Crippen molar-refractivity contribution in [1.82, 2.24) is 4.98 Å². The summed E-state index contributed by atoms with van der Waals surface area (Å²) in [7, 11) is 1.65. The van der Waals surface area contributed by atoms with Gasteiger partial charge >= 0.3 is 0 Å². The summed E-state index contributed by atoms with van der Waals surface area (Å²) < 4.78 is 16.3. The maximum atomic E-state index is 13.2. The highest BCUT2D eigenvalue weighted by Crippen LogP contribution is 2.51. The lowest BCUT2D eigenvalue weighted by Crippen LogP contribution is -2.28. The Morgan fingerprint density at radius 1 is 1.10 bits per heavy atom. The molecule has 1 fully saturated rings. The molecule has 0 atom stereocenters. The molecule has 1 aliphatic carbocycles. The predicted octanol–water partition coefficient (Wildman–Crippen LogP) is 4.46. The SMILES string of the molecule is COc1ccccc1-c1cnc(NC(=O)C2(c3ccc4c(c3)OCO4)CC2)c(C)c1. The number of rotatable bonds is 5. The number of nitrogens with one attached hydrogen (secondary N) is 1. The maximum Gasteiger partial charge on any atom is 0.236 e. The molecule has 0 unspecified atom stereocenters. The van der Waals surface area contributed by atoms with Crippen molar-refractivity contribution in [1.29, 1.82) is 0 Å². The van der Waals surface area contributed by atoms with Crippen molar-refractivity contribution in [2.45, 2.75) is 25.2 Å². The van der Waals surface area contributed by atoms with Crippen molar-refractivity contribution in [3.63, 3.8) is 0 Å². The van der Waals surface area contributed by atoms with E-state index in [0.29, 0.717) is 11.6 Å². The summed E-state index contributed by atoms with van der Waals surface area (Å²) in [6, 6.07) is 15.6. The van der Waals surface area contributed by atoms with E-state index in [4.69, 9.17) is 14.2 Å². The molecule has 0 bridgehead atoms. The van der Waals surface area contributed by atoms with Crippen LogP contribution in [0.1, 0.15) is 24.0 Å². The van der Waals surface area contributed by atoms with E-state index in [1.807, 2.05) is 55.5 Å². The van der Waals surface area contributed by atoms with Crippen LogP contribution < -0.4 is 19.5 Å². The maximum absolute atomic E-state index is 13.2. The molecule has 30 heavy (non-hydrogen) atoms. The number of para-hydroxylation sites is 1. The monoisotopic (exact) mass is 402 g/mol. The van der Waals surface area contributed by atoms with Gasteiger partial charge in [-0.15, -0.1) is 0 Å².